The molecule has 0 bridgehead atoms. The fraction of sp³-hybridized carbons (Fsp3) is 0.909. The van der Waals surface area contributed by atoms with Gasteiger partial charge in [0.1, 0.15) is 4.83 Å². The standard InChI is InChI=1S/C11H20BrNO2/c1-3-4-7-13(9-5-6-9)8-10(12)11(14)15-2/h9-10H,3-8H2,1-2H3. The van der Waals surface area contributed by atoms with Gasteiger partial charge in [-0.05, 0) is 25.8 Å². The van der Waals surface area contributed by atoms with Crippen LogP contribution in [0.25, 0.3) is 0 Å². The van der Waals surface area contributed by atoms with Crippen molar-refractivity contribution in [3.05, 3.63) is 0 Å². The van der Waals surface area contributed by atoms with Crippen LogP contribution in [0.2, 0.25) is 0 Å². The van der Waals surface area contributed by atoms with Crippen LogP contribution in [0.1, 0.15) is 32.6 Å². The van der Waals surface area contributed by atoms with E-state index < -0.39 is 0 Å². The average Bonchev–Trinajstić information content (AvgIpc) is 3.06. The van der Waals surface area contributed by atoms with Crippen molar-refractivity contribution in [2.24, 2.45) is 0 Å². The zero-order valence-corrected chi connectivity index (χ0v) is 11.1. The first-order valence-electron chi connectivity index (χ1n) is 5.65. The predicted molar refractivity (Wildman–Crippen MR) is 64.2 cm³/mol. The fourth-order valence-corrected chi connectivity index (χ4v) is 2.19. The molecule has 1 saturated carbocycles. The minimum Gasteiger partial charge on any atom is -0.468 e. The highest BCUT2D eigenvalue weighted by molar-refractivity contribution is 9.10. The summed E-state index contributed by atoms with van der Waals surface area (Å²) in [5.74, 6) is -0.169. The van der Waals surface area contributed by atoms with Crippen molar-refractivity contribution < 1.29 is 9.53 Å². The number of halogens is 1. The topological polar surface area (TPSA) is 29.5 Å². The molecular formula is C11H20BrNO2. The number of carbonyl (C=O) groups excluding carboxylic acids is 1. The molecule has 0 N–H and O–H groups in total. The number of nitrogens with zero attached hydrogens (tertiary/aromatic N) is 1. The van der Waals surface area contributed by atoms with Gasteiger partial charge in [0.2, 0.25) is 0 Å². The van der Waals surface area contributed by atoms with E-state index in [0.717, 1.165) is 13.1 Å². The Hall–Kier alpha value is -0.0900. The summed E-state index contributed by atoms with van der Waals surface area (Å²) in [7, 11) is 1.43. The quantitative estimate of drug-likeness (QED) is 0.528. The van der Waals surface area contributed by atoms with Gasteiger partial charge in [0.25, 0.3) is 0 Å². The smallest absolute Gasteiger partial charge is 0.320 e. The molecule has 0 spiro atoms. The third-order valence-corrected chi connectivity index (χ3v) is 3.38. The van der Waals surface area contributed by atoms with Crippen molar-refractivity contribution in [2.75, 3.05) is 20.2 Å². The molecule has 1 aliphatic rings. The normalized spacial score (nSPS) is 17.9. The van der Waals surface area contributed by atoms with E-state index in [-0.39, 0.29) is 10.8 Å². The number of ether oxygens (including phenoxy) is 1. The van der Waals surface area contributed by atoms with Crippen LogP contribution in [0.4, 0.5) is 0 Å². The molecule has 15 heavy (non-hydrogen) atoms. The number of hydrogen-bond acceptors (Lipinski definition) is 3. The molecule has 88 valence electrons. The largest absolute Gasteiger partial charge is 0.468 e. The van der Waals surface area contributed by atoms with Crippen LogP contribution in [0.15, 0.2) is 0 Å². The van der Waals surface area contributed by atoms with Gasteiger partial charge >= 0.3 is 5.97 Å². The Labute approximate surface area is 100 Å². The van der Waals surface area contributed by atoms with Crippen molar-refractivity contribution in [3.8, 4) is 0 Å². The van der Waals surface area contributed by atoms with E-state index in [4.69, 9.17) is 4.74 Å². The zero-order chi connectivity index (χ0) is 11.3. The van der Waals surface area contributed by atoms with Crippen LogP contribution in [0.5, 0.6) is 0 Å². The van der Waals surface area contributed by atoms with Gasteiger partial charge in [0.15, 0.2) is 0 Å². The molecular weight excluding hydrogens is 258 g/mol. The molecule has 1 unspecified atom stereocenters. The number of carbonyl (C=O) groups is 1. The van der Waals surface area contributed by atoms with Crippen LogP contribution in [-0.2, 0) is 9.53 Å². The van der Waals surface area contributed by atoms with Crippen molar-refractivity contribution in [1.82, 2.24) is 4.90 Å². The van der Waals surface area contributed by atoms with Crippen LogP contribution in [0, 0.1) is 0 Å². The Kier molecular flexibility index (Phi) is 5.61. The maximum absolute atomic E-state index is 11.3. The first-order valence-corrected chi connectivity index (χ1v) is 6.56. The zero-order valence-electron chi connectivity index (χ0n) is 9.54. The molecule has 0 aliphatic heterocycles. The second-order valence-electron chi connectivity index (χ2n) is 4.07. The lowest BCUT2D eigenvalue weighted by Crippen LogP contribution is -2.36. The maximum atomic E-state index is 11.3. The molecule has 0 saturated heterocycles. The second kappa shape index (κ2) is 6.48. The maximum Gasteiger partial charge on any atom is 0.320 e. The molecule has 0 aromatic rings. The first-order chi connectivity index (χ1) is 7.19. The van der Waals surface area contributed by atoms with Crippen LogP contribution < -0.4 is 0 Å². The van der Waals surface area contributed by atoms with E-state index in [9.17, 15) is 4.79 Å². The lowest BCUT2D eigenvalue weighted by molar-refractivity contribution is -0.140. The number of methoxy groups -OCH3 is 1. The van der Waals surface area contributed by atoms with E-state index >= 15 is 0 Å². The molecule has 1 rings (SSSR count). The summed E-state index contributed by atoms with van der Waals surface area (Å²) in [6.45, 7) is 4.06. The predicted octanol–water partition coefficient (Wildman–Crippen LogP) is 2.19. The molecule has 0 aromatic carbocycles. The first kappa shape index (κ1) is 13.0. The van der Waals surface area contributed by atoms with Gasteiger partial charge in [-0.15, -0.1) is 0 Å². The van der Waals surface area contributed by atoms with E-state index in [1.165, 1.54) is 32.8 Å². The van der Waals surface area contributed by atoms with Gasteiger partial charge in [-0.2, -0.15) is 0 Å². The number of unbranched alkanes of at least 4 members (excludes halogenated alkanes) is 1. The number of rotatable bonds is 7. The summed E-state index contributed by atoms with van der Waals surface area (Å²) in [4.78, 5) is 13.5. The van der Waals surface area contributed by atoms with E-state index in [2.05, 4.69) is 27.8 Å². The van der Waals surface area contributed by atoms with Crippen LogP contribution >= 0.6 is 15.9 Å². The number of esters is 1. The van der Waals surface area contributed by atoms with Crippen LogP contribution in [0.3, 0.4) is 0 Å². The summed E-state index contributed by atoms with van der Waals surface area (Å²) in [5, 5.41) is 0. The molecule has 1 aliphatic carbocycles. The highest BCUT2D eigenvalue weighted by Gasteiger charge is 2.31. The molecule has 1 atom stereocenters. The van der Waals surface area contributed by atoms with Crippen molar-refractivity contribution >= 4 is 21.9 Å². The van der Waals surface area contributed by atoms with Gasteiger partial charge in [-0.25, -0.2) is 0 Å². The Bertz CT molecular complexity index is 207. The summed E-state index contributed by atoms with van der Waals surface area (Å²) in [6, 6.07) is 0.709. The molecule has 0 amide bonds. The molecule has 0 heterocycles. The van der Waals surface area contributed by atoms with Crippen molar-refractivity contribution in [2.45, 2.75) is 43.5 Å². The van der Waals surface area contributed by atoms with Crippen LogP contribution in [-0.4, -0.2) is 41.9 Å². The van der Waals surface area contributed by atoms with E-state index in [1.54, 1.807) is 0 Å². The molecule has 0 radical (unpaired) electrons. The Balaban J connectivity index is 2.32. The van der Waals surface area contributed by atoms with Gasteiger partial charge in [0, 0.05) is 12.6 Å². The monoisotopic (exact) mass is 277 g/mol. The van der Waals surface area contributed by atoms with Crippen molar-refractivity contribution in [1.29, 1.82) is 0 Å². The molecule has 3 nitrogen and oxygen atoms in total. The lowest BCUT2D eigenvalue weighted by Gasteiger charge is -2.23. The van der Waals surface area contributed by atoms with E-state index in [0.29, 0.717) is 6.04 Å². The third-order valence-electron chi connectivity index (χ3n) is 2.71. The minimum absolute atomic E-state index is 0.169. The SMILES string of the molecule is CCCCN(CC(Br)C(=O)OC)C1CC1. The van der Waals surface area contributed by atoms with E-state index in [1.807, 2.05) is 0 Å². The third kappa shape index (κ3) is 4.51. The second-order valence-corrected chi connectivity index (χ2v) is 5.18. The molecule has 0 aromatic heterocycles. The summed E-state index contributed by atoms with van der Waals surface area (Å²) >= 11 is 3.38. The number of hydrogen-bond donors (Lipinski definition) is 0. The molecule has 1 fully saturated rings. The highest BCUT2D eigenvalue weighted by Crippen LogP contribution is 2.28. The van der Waals surface area contributed by atoms with Gasteiger partial charge in [-0.1, -0.05) is 29.3 Å². The van der Waals surface area contributed by atoms with Gasteiger partial charge in [-0.3, -0.25) is 9.69 Å². The fourth-order valence-electron chi connectivity index (χ4n) is 1.63. The Morgan fingerprint density at radius 1 is 1.60 bits per heavy atom. The molecule has 4 heteroatoms. The van der Waals surface area contributed by atoms with Gasteiger partial charge < -0.3 is 4.74 Å². The Morgan fingerprint density at radius 2 is 2.27 bits per heavy atom. The minimum atomic E-state index is -0.181. The lowest BCUT2D eigenvalue weighted by atomic mass is 10.3. The Morgan fingerprint density at radius 3 is 2.73 bits per heavy atom. The van der Waals surface area contributed by atoms with Crippen molar-refractivity contribution in [3.63, 3.8) is 0 Å². The number of alkyl halides is 1. The summed E-state index contributed by atoms with van der Waals surface area (Å²) in [6.07, 6.45) is 4.97. The van der Waals surface area contributed by atoms with Gasteiger partial charge in [0.05, 0.1) is 7.11 Å². The average molecular weight is 278 g/mol. The highest BCUT2D eigenvalue weighted by atomic mass is 79.9. The summed E-state index contributed by atoms with van der Waals surface area (Å²) in [5.41, 5.74) is 0. The summed E-state index contributed by atoms with van der Waals surface area (Å²) < 4.78 is 4.71.